The van der Waals surface area contributed by atoms with Crippen molar-refractivity contribution in [3.8, 4) is 0 Å². The molecule has 0 amide bonds. The van der Waals surface area contributed by atoms with Crippen LogP contribution < -0.4 is 5.32 Å². The summed E-state index contributed by atoms with van der Waals surface area (Å²) in [4.78, 5) is 0. The molecule has 0 aliphatic carbocycles. The van der Waals surface area contributed by atoms with Gasteiger partial charge in [0, 0.05) is 12.1 Å². The van der Waals surface area contributed by atoms with Crippen molar-refractivity contribution in [1.29, 1.82) is 0 Å². The van der Waals surface area contributed by atoms with Gasteiger partial charge in [-0.25, -0.2) is 0 Å². The molecular weight excluding hydrogens is 110 g/mol. The van der Waals surface area contributed by atoms with Gasteiger partial charge >= 0.3 is 0 Å². The zero-order valence-corrected chi connectivity index (χ0v) is 6.86. The van der Waals surface area contributed by atoms with Crippen LogP contribution in [0.15, 0.2) is 12.2 Å². The summed E-state index contributed by atoms with van der Waals surface area (Å²) in [5.74, 6) is 0. The SMILES string of the molecule is C=C(C)C(C)NC(C)C. The molecular formula is C8H17N. The first-order chi connectivity index (χ1) is 4.04. The Morgan fingerprint density at radius 3 is 1.89 bits per heavy atom. The standard InChI is InChI=1S/C8H17N/c1-6(2)8(5)9-7(3)4/h7-9H,1H2,2-5H3. The molecule has 0 aliphatic heterocycles. The molecule has 0 aromatic heterocycles. The van der Waals surface area contributed by atoms with Crippen LogP contribution in [0.2, 0.25) is 0 Å². The van der Waals surface area contributed by atoms with Gasteiger partial charge in [0.05, 0.1) is 0 Å². The lowest BCUT2D eigenvalue weighted by Crippen LogP contribution is -2.32. The maximum absolute atomic E-state index is 3.85. The van der Waals surface area contributed by atoms with E-state index in [2.05, 4.69) is 32.7 Å². The Hall–Kier alpha value is -0.300. The summed E-state index contributed by atoms with van der Waals surface area (Å²) < 4.78 is 0. The molecule has 0 heterocycles. The molecule has 1 atom stereocenters. The summed E-state index contributed by atoms with van der Waals surface area (Å²) in [5.41, 5.74) is 1.20. The second kappa shape index (κ2) is 3.67. The maximum atomic E-state index is 3.85. The first kappa shape index (κ1) is 8.70. The summed E-state index contributed by atoms with van der Waals surface area (Å²) in [7, 11) is 0. The largest absolute Gasteiger partial charge is 0.308 e. The van der Waals surface area contributed by atoms with Crippen LogP contribution >= 0.6 is 0 Å². The predicted octanol–water partition coefficient (Wildman–Crippen LogP) is 1.95. The Balaban J connectivity index is 3.50. The molecule has 54 valence electrons. The van der Waals surface area contributed by atoms with Crippen molar-refractivity contribution in [1.82, 2.24) is 5.32 Å². The van der Waals surface area contributed by atoms with Crippen LogP contribution in [-0.2, 0) is 0 Å². The van der Waals surface area contributed by atoms with E-state index in [-0.39, 0.29) is 0 Å². The minimum absolute atomic E-state index is 0.449. The fourth-order valence-corrected chi connectivity index (χ4v) is 0.642. The molecule has 0 spiro atoms. The van der Waals surface area contributed by atoms with E-state index in [0.29, 0.717) is 12.1 Å². The topological polar surface area (TPSA) is 12.0 Å². The van der Waals surface area contributed by atoms with Gasteiger partial charge in [-0.15, -0.1) is 0 Å². The maximum Gasteiger partial charge on any atom is 0.0248 e. The first-order valence-corrected chi connectivity index (χ1v) is 3.45. The third-order valence-corrected chi connectivity index (χ3v) is 1.32. The summed E-state index contributed by atoms with van der Waals surface area (Å²) in [6.07, 6.45) is 0. The van der Waals surface area contributed by atoms with Crippen LogP contribution in [0.5, 0.6) is 0 Å². The minimum Gasteiger partial charge on any atom is -0.308 e. The Labute approximate surface area is 58.2 Å². The van der Waals surface area contributed by atoms with E-state index in [9.17, 15) is 0 Å². The molecule has 0 saturated carbocycles. The third kappa shape index (κ3) is 4.22. The van der Waals surface area contributed by atoms with E-state index in [0.717, 1.165) is 0 Å². The molecule has 0 radical (unpaired) electrons. The highest BCUT2D eigenvalue weighted by molar-refractivity contribution is 4.99. The van der Waals surface area contributed by atoms with Gasteiger partial charge in [-0.3, -0.25) is 0 Å². The number of nitrogens with one attached hydrogen (secondary N) is 1. The van der Waals surface area contributed by atoms with Crippen LogP contribution in [0.1, 0.15) is 27.7 Å². The van der Waals surface area contributed by atoms with Gasteiger partial charge in [0.25, 0.3) is 0 Å². The van der Waals surface area contributed by atoms with Gasteiger partial charge in [-0.05, 0) is 13.8 Å². The molecule has 0 aliphatic rings. The lowest BCUT2D eigenvalue weighted by Gasteiger charge is -2.15. The molecule has 1 N–H and O–H groups in total. The highest BCUT2D eigenvalue weighted by Gasteiger charge is 2.01. The van der Waals surface area contributed by atoms with E-state index >= 15 is 0 Å². The molecule has 0 aromatic rings. The monoisotopic (exact) mass is 127 g/mol. The molecule has 0 aromatic carbocycles. The fourth-order valence-electron chi connectivity index (χ4n) is 0.642. The second-order valence-electron chi connectivity index (χ2n) is 2.89. The lowest BCUT2D eigenvalue weighted by atomic mass is 10.1. The minimum atomic E-state index is 0.449. The van der Waals surface area contributed by atoms with Gasteiger partial charge in [-0.2, -0.15) is 0 Å². The third-order valence-electron chi connectivity index (χ3n) is 1.32. The first-order valence-electron chi connectivity index (χ1n) is 3.45. The molecule has 0 saturated heterocycles. The van der Waals surface area contributed by atoms with E-state index in [4.69, 9.17) is 0 Å². The number of hydrogen-bond donors (Lipinski definition) is 1. The zero-order valence-electron chi connectivity index (χ0n) is 6.86. The van der Waals surface area contributed by atoms with Crippen molar-refractivity contribution in [3.63, 3.8) is 0 Å². The second-order valence-corrected chi connectivity index (χ2v) is 2.89. The number of hydrogen-bond acceptors (Lipinski definition) is 1. The lowest BCUT2D eigenvalue weighted by molar-refractivity contribution is 0.534. The van der Waals surface area contributed by atoms with Crippen LogP contribution in [0.4, 0.5) is 0 Å². The molecule has 1 nitrogen and oxygen atoms in total. The predicted molar refractivity (Wildman–Crippen MR) is 42.5 cm³/mol. The van der Waals surface area contributed by atoms with Gasteiger partial charge in [0.1, 0.15) is 0 Å². The summed E-state index contributed by atoms with van der Waals surface area (Å²) in [6, 6.07) is 1.00. The van der Waals surface area contributed by atoms with Crippen molar-refractivity contribution >= 4 is 0 Å². The highest BCUT2D eigenvalue weighted by atomic mass is 14.9. The van der Waals surface area contributed by atoms with Crippen molar-refractivity contribution in [2.24, 2.45) is 0 Å². The molecule has 9 heavy (non-hydrogen) atoms. The van der Waals surface area contributed by atoms with Crippen LogP contribution in [0.3, 0.4) is 0 Å². The summed E-state index contributed by atoms with van der Waals surface area (Å²) in [5, 5.41) is 3.34. The fraction of sp³-hybridized carbons (Fsp3) is 0.750. The van der Waals surface area contributed by atoms with Gasteiger partial charge < -0.3 is 5.32 Å². The Kier molecular flexibility index (Phi) is 3.55. The molecule has 1 unspecified atom stereocenters. The molecule has 0 rings (SSSR count). The van der Waals surface area contributed by atoms with Crippen molar-refractivity contribution in [3.05, 3.63) is 12.2 Å². The van der Waals surface area contributed by atoms with Crippen LogP contribution in [0, 0.1) is 0 Å². The van der Waals surface area contributed by atoms with Gasteiger partial charge in [-0.1, -0.05) is 26.0 Å². The highest BCUT2D eigenvalue weighted by Crippen LogP contribution is 1.96. The average Bonchev–Trinajstić information content (AvgIpc) is 1.63. The van der Waals surface area contributed by atoms with Crippen LogP contribution in [-0.4, -0.2) is 12.1 Å². The molecule has 0 fully saturated rings. The summed E-state index contributed by atoms with van der Waals surface area (Å²) in [6.45, 7) is 12.3. The molecule has 1 heteroatoms. The normalized spacial score (nSPS) is 13.9. The van der Waals surface area contributed by atoms with E-state index in [1.54, 1.807) is 0 Å². The average molecular weight is 127 g/mol. The van der Waals surface area contributed by atoms with E-state index in [1.807, 2.05) is 6.92 Å². The Morgan fingerprint density at radius 1 is 1.33 bits per heavy atom. The Bertz CT molecular complexity index is 94.7. The van der Waals surface area contributed by atoms with Crippen molar-refractivity contribution in [2.75, 3.05) is 0 Å². The number of rotatable bonds is 3. The van der Waals surface area contributed by atoms with Crippen molar-refractivity contribution < 1.29 is 0 Å². The van der Waals surface area contributed by atoms with E-state index < -0.39 is 0 Å². The Morgan fingerprint density at radius 2 is 1.78 bits per heavy atom. The smallest absolute Gasteiger partial charge is 0.0248 e. The molecule has 0 bridgehead atoms. The summed E-state index contributed by atoms with van der Waals surface area (Å²) >= 11 is 0. The van der Waals surface area contributed by atoms with Crippen LogP contribution in [0.25, 0.3) is 0 Å². The van der Waals surface area contributed by atoms with Gasteiger partial charge in [0.15, 0.2) is 0 Å². The quantitative estimate of drug-likeness (QED) is 0.571. The van der Waals surface area contributed by atoms with Gasteiger partial charge in [0.2, 0.25) is 0 Å². The zero-order chi connectivity index (χ0) is 7.44. The van der Waals surface area contributed by atoms with Crippen molar-refractivity contribution in [2.45, 2.75) is 39.8 Å². The van der Waals surface area contributed by atoms with E-state index in [1.165, 1.54) is 5.57 Å².